The Hall–Kier alpha value is -0.970. The Morgan fingerprint density at radius 3 is 2.63 bits per heavy atom. The molecule has 1 saturated heterocycles. The van der Waals surface area contributed by atoms with Gasteiger partial charge in [0.05, 0.1) is 11.8 Å². The summed E-state index contributed by atoms with van der Waals surface area (Å²) >= 11 is 1.91. The summed E-state index contributed by atoms with van der Waals surface area (Å²) in [5.74, 6) is -0.767. The van der Waals surface area contributed by atoms with Gasteiger partial charge in [-0.1, -0.05) is 19.1 Å². The standard InChI is InChI=1S/C14H21NO3S/c1-2-10-9-15(7-8-19-10)13(16)11-5-3-4-6-12(11)14(17)18/h3-4,10-12H,2,5-9H2,1H3,(H,17,18)/t10?,11-,12+/m1/s1. The number of aliphatic carboxylic acids is 1. The largest absolute Gasteiger partial charge is 0.481 e. The Morgan fingerprint density at radius 1 is 1.32 bits per heavy atom. The van der Waals surface area contributed by atoms with Crippen LogP contribution in [0.5, 0.6) is 0 Å². The van der Waals surface area contributed by atoms with Crippen LogP contribution < -0.4 is 0 Å². The van der Waals surface area contributed by atoms with Gasteiger partial charge in [-0.25, -0.2) is 0 Å². The normalized spacial score (nSPS) is 31.2. The number of carbonyl (C=O) groups excluding carboxylic acids is 1. The summed E-state index contributed by atoms with van der Waals surface area (Å²) in [6, 6.07) is 0. The number of amides is 1. The highest BCUT2D eigenvalue weighted by molar-refractivity contribution is 8.00. The molecule has 4 nitrogen and oxygen atoms in total. The van der Waals surface area contributed by atoms with E-state index in [-0.39, 0.29) is 11.8 Å². The van der Waals surface area contributed by atoms with Crippen LogP contribution in [0.2, 0.25) is 0 Å². The lowest BCUT2D eigenvalue weighted by molar-refractivity contribution is -0.150. The maximum absolute atomic E-state index is 12.5. The van der Waals surface area contributed by atoms with Crippen LogP contribution in [-0.4, -0.2) is 46.0 Å². The van der Waals surface area contributed by atoms with Gasteiger partial charge in [-0.05, 0) is 19.3 Å². The van der Waals surface area contributed by atoms with E-state index in [0.717, 1.165) is 25.3 Å². The fourth-order valence-corrected chi connectivity index (χ4v) is 3.94. The molecule has 0 aromatic carbocycles. The molecule has 1 fully saturated rings. The van der Waals surface area contributed by atoms with Crippen LogP contribution in [0.15, 0.2) is 12.2 Å². The van der Waals surface area contributed by atoms with E-state index >= 15 is 0 Å². The lowest BCUT2D eigenvalue weighted by atomic mass is 9.82. The van der Waals surface area contributed by atoms with E-state index in [1.807, 2.05) is 28.8 Å². The SMILES string of the molecule is CCC1CN(C(=O)[C@@H]2CC=CC[C@@H]2C(=O)O)CCS1. The van der Waals surface area contributed by atoms with Crippen molar-refractivity contribution in [3.05, 3.63) is 12.2 Å². The third kappa shape index (κ3) is 3.32. The zero-order valence-corrected chi connectivity index (χ0v) is 12.1. The van der Waals surface area contributed by atoms with Gasteiger partial charge in [0.15, 0.2) is 0 Å². The van der Waals surface area contributed by atoms with Gasteiger partial charge in [-0.3, -0.25) is 9.59 Å². The van der Waals surface area contributed by atoms with E-state index in [9.17, 15) is 14.7 Å². The minimum atomic E-state index is -0.846. The number of carboxylic acids is 1. The van der Waals surface area contributed by atoms with Gasteiger partial charge in [-0.15, -0.1) is 0 Å². The van der Waals surface area contributed by atoms with Crippen LogP contribution in [0.3, 0.4) is 0 Å². The Bertz CT molecular complexity index is 383. The molecule has 1 heterocycles. The molecule has 0 bridgehead atoms. The monoisotopic (exact) mass is 283 g/mol. The van der Waals surface area contributed by atoms with Crippen molar-refractivity contribution in [2.75, 3.05) is 18.8 Å². The number of allylic oxidation sites excluding steroid dienone is 2. The van der Waals surface area contributed by atoms with E-state index in [1.165, 1.54) is 0 Å². The van der Waals surface area contributed by atoms with Gasteiger partial charge in [0.25, 0.3) is 0 Å². The number of hydrogen-bond donors (Lipinski definition) is 1. The van der Waals surface area contributed by atoms with Crippen LogP contribution >= 0.6 is 11.8 Å². The van der Waals surface area contributed by atoms with E-state index in [0.29, 0.717) is 18.1 Å². The molecule has 0 spiro atoms. The van der Waals surface area contributed by atoms with Gasteiger partial charge in [0.2, 0.25) is 5.91 Å². The number of hydrogen-bond acceptors (Lipinski definition) is 3. The number of thioether (sulfide) groups is 1. The van der Waals surface area contributed by atoms with Crippen LogP contribution in [0.1, 0.15) is 26.2 Å². The highest BCUT2D eigenvalue weighted by Crippen LogP contribution is 2.30. The lowest BCUT2D eigenvalue weighted by Gasteiger charge is -2.36. The second kappa shape index (κ2) is 6.46. The minimum Gasteiger partial charge on any atom is -0.481 e. The highest BCUT2D eigenvalue weighted by atomic mass is 32.2. The Labute approximate surface area is 118 Å². The van der Waals surface area contributed by atoms with Crippen molar-refractivity contribution in [3.8, 4) is 0 Å². The lowest BCUT2D eigenvalue weighted by Crippen LogP contribution is -2.47. The number of rotatable bonds is 3. The van der Waals surface area contributed by atoms with Crippen molar-refractivity contribution in [3.63, 3.8) is 0 Å². The number of nitrogens with zero attached hydrogens (tertiary/aromatic N) is 1. The second-order valence-corrected chi connectivity index (χ2v) is 6.59. The summed E-state index contributed by atoms with van der Waals surface area (Å²) in [5.41, 5.74) is 0. The summed E-state index contributed by atoms with van der Waals surface area (Å²) in [4.78, 5) is 25.7. The predicted molar refractivity (Wildman–Crippen MR) is 76.1 cm³/mol. The van der Waals surface area contributed by atoms with Crippen LogP contribution in [0.25, 0.3) is 0 Å². The molecule has 106 valence electrons. The molecule has 5 heteroatoms. The molecular weight excluding hydrogens is 262 g/mol. The average molecular weight is 283 g/mol. The molecule has 1 aliphatic carbocycles. The van der Waals surface area contributed by atoms with Gasteiger partial charge < -0.3 is 10.0 Å². The third-order valence-electron chi connectivity index (χ3n) is 3.97. The number of carboxylic acid groups (broad SMARTS) is 1. The summed E-state index contributed by atoms with van der Waals surface area (Å²) in [6.07, 6.45) is 5.92. The van der Waals surface area contributed by atoms with Crippen molar-refractivity contribution < 1.29 is 14.7 Å². The van der Waals surface area contributed by atoms with E-state index in [2.05, 4.69) is 6.92 Å². The van der Waals surface area contributed by atoms with Gasteiger partial charge in [-0.2, -0.15) is 11.8 Å². The zero-order valence-electron chi connectivity index (χ0n) is 11.2. The second-order valence-electron chi connectivity index (χ2n) is 5.18. The molecule has 1 N–H and O–H groups in total. The number of carbonyl (C=O) groups is 2. The smallest absolute Gasteiger partial charge is 0.307 e. The molecule has 0 aromatic heterocycles. The molecular formula is C14H21NO3S. The van der Waals surface area contributed by atoms with E-state index < -0.39 is 11.9 Å². The first kappa shape index (κ1) is 14.4. The topological polar surface area (TPSA) is 57.6 Å². The summed E-state index contributed by atoms with van der Waals surface area (Å²) in [6.45, 7) is 3.66. The fourth-order valence-electron chi connectivity index (χ4n) is 2.76. The molecule has 1 unspecified atom stereocenters. The molecule has 3 atom stereocenters. The quantitative estimate of drug-likeness (QED) is 0.805. The third-order valence-corrected chi connectivity index (χ3v) is 5.34. The van der Waals surface area contributed by atoms with Gasteiger partial charge in [0, 0.05) is 24.1 Å². The van der Waals surface area contributed by atoms with Crippen molar-refractivity contribution >= 4 is 23.6 Å². The van der Waals surface area contributed by atoms with Crippen molar-refractivity contribution in [2.45, 2.75) is 31.4 Å². The first-order chi connectivity index (χ1) is 9.13. The molecule has 19 heavy (non-hydrogen) atoms. The average Bonchev–Trinajstić information content (AvgIpc) is 2.46. The van der Waals surface area contributed by atoms with Crippen molar-refractivity contribution in [1.82, 2.24) is 4.90 Å². The first-order valence-electron chi connectivity index (χ1n) is 6.91. The molecule has 0 aromatic rings. The van der Waals surface area contributed by atoms with Crippen molar-refractivity contribution in [2.24, 2.45) is 11.8 Å². The Balaban J connectivity index is 2.05. The van der Waals surface area contributed by atoms with E-state index in [4.69, 9.17) is 0 Å². The highest BCUT2D eigenvalue weighted by Gasteiger charge is 2.37. The van der Waals surface area contributed by atoms with Gasteiger partial charge in [0.1, 0.15) is 0 Å². The maximum atomic E-state index is 12.5. The molecule has 1 aliphatic heterocycles. The molecule has 2 rings (SSSR count). The van der Waals surface area contributed by atoms with Gasteiger partial charge >= 0.3 is 5.97 Å². The van der Waals surface area contributed by atoms with E-state index in [1.54, 1.807) is 0 Å². The Morgan fingerprint density at radius 2 is 2.00 bits per heavy atom. The predicted octanol–water partition coefficient (Wildman–Crippen LogP) is 2.01. The fraction of sp³-hybridized carbons (Fsp3) is 0.714. The minimum absolute atomic E-state index is 0.0375. The zero-order chi connectivity index (χ0) is 13.8. The summed E-state index contributed by atoms with van der Waals surface area (Å²) < 4.78 is 0. The molecule has 2 aliphatic rings. The van der Waals surface area contributed by atoms with Crippen LogP contribution in [0, 0.1) is 11.8 Å². The summed E-state index contributed by atoms with van der Waals surface area (Å²) in [5, 5.41) is 9.75. The van der Waals surface area contributed by atoms with Crippen LogP contribution in [0.4, 0.5) is 0 Å². The van der Waals surface area contributed by atoms with Crippen molar-refractivity contribution in [1.29, 1.82) is 0 Å². The molecule has 0 radical (unpaired) electrons. The molecule has 0 saturated carbocycles. The first-order valence-corrected chi connectivity index (χ1v) is 7.96. The van der Waals surface area contributed by atoms with Crippen LogP contribution in [-0.2, 0) is 9.59 Å². The Kier molecular flexibility index (Phi) is 4.91. The maximum Gasteiger partial charge on any atom is 0.307 e. The summed E-state index contributed by atoms with van der Waals surface area (Å²) in [7, 11) is 0. The molecule has 1 amide bonds.